The van der Waals surface area contributed by atoms with E-state index in [2.05, 4.69) is 34.9 Å². The van der Waals surface area contributed by atoms with Gasteiger partial charge in [0.25, 0.3) is 0 Å². The van der Waals surface area contributed by atoms with Gasteiger partial charge in [-0.05, 0) is 46.2 Å². The highest BCUT2D eigenvalue weighted by atomic mass is 79.9. The summed E-state index contributed by atoms with van der Waals surface area (Å²) >= 11 is 3.39. The summed E-state index contributed by atoms with van der Waals surface area (Å²) in [6, 6.07) is 0. The van der Waals surface area contributed by atoms with Crippen LogP contribution in [0.2, 0.25) is 0 Å². The van der Waals surface area contributed by atoms with Crippen molar-refractivity contribution in [2.45, 2.75) is 44.1 Å². The van der Waals surface area contributed by atoms with Gasteiger partial charge in [-0.25, -0.2) is 0 Å². The van der Waals surface area contributed by atoms with E-state index < -0.39 is 0 Å². The van der Waals surface area contributed by atoms with Gasteiger partial charge in [0.2, 0.25) is 5.91 Å². The topological polar surface area (TPSA) is 23.6 Å². The number of nitrogens with zero attached hydrogens (tertiary/aromatic N) is 2. The fourth-order valence-electron chi connectivity index (χ4n) is 2.42. The van der Waals surface area contributed by atoms with Gasteiger partial charge in [0.05, 0.1) is 0 Å². The molecule has 1 amide bonds. The van der Waals surface area contributed by atoms with Crippen molar-refractivity contribution < 1.29 is 4.79 Å². The lowest BCUT2D eigenvalue weighted by Gasteiger charge is -2.49. The minimum absolute atomic E-state index is 0.250. The molecule has 4 heteroatoms. The fourth-order valence-corrected chi connectivity index (χ4v) is 2.82. The Bertz CT molecular complexity index is 252. The van der Waals surface area contributed by atoms with Gasteiger partial charge in [0, 0.05) is 30.9 Å². The number of likely N-dealkylation sites (N-methyl/N-ethyl adjacent to an activating group) is 2. The smallest absolute Gasteiger partial charge is 0.222 e. The highest BCUT2D eigenvalue weighted by Crippen LogP contribution is 2.36. The molecule has 0 aliphatic heterocycles. The van der Waals surface area contributed by atoms with Crippen molar-refractivity contribution in [3.8, 4) is 0 Å². The number of hydrogen-bond acceptors (Lipinski definition) is 2. The maximum absolute atomic E-state index is 12.0. The third-order valence-corrected chi connectivity index (χ3v) is 4.53. The Hall–Kier alpha value is -0.0900. The second-order valence-corrected chi connectivity index (χ2v) is 6.16. The van der Waals surface area contributed by atoms with Gasteiger partial charge in [-0.1, -0.05) is 15.9 Å². The normalized spacial score (nSPS) is 17.9. The fraction of sp³-hybridized carbons (Fsp3) is 0.923. The molecule has 0 aromatic heterocycles. The van der Waals surface area contributed by atoms with Crippen LogP contribution in [0.3, 0.4) is 0 Å². The van der Waals surface area contributed by atoms with E-state index in [1.165, 1.54) is 19.3 Å². The molecule has 0 N–H and O–H groups in total. The van der Waals surface area contributed by atoms with Gasteiger partial charge in [-0.2, -0.15) is 0 Å². The molecular formula is C13H25BrN2O. The molecule has 1 rings (SSSR count). The number of alkyl halides is 1. The van der Waals surface area contributed by atoms with Gasteiger partial charge < -0.3 is 9.80 Å². The van der Waals surface area contributed by atoms with Crippen LogP contribution < -0.4 is 0 Å². The molecule has 0 spiro atoms. The molecule has 0 unspecified atom stereocenters. The molecule has 100 valence electrons. The SMILES string of the molecule is CN(CC1(N(C)C)CCC1)C(=O)CCCCBr. The molecule has 1 aliphatic rings. The monoisotopic (exact) mass is 304 g/mol. The van der Waals surface area contributed by atoms with E-state index in [0.29, 0.717) is 12.3 Å². The van der Waals surface area contributed by atoms with Crippen LogP contribution >= 0.6 is 15.9 Å². The first kappa shape index (κ1) is 15.0. The summed E-state index contributed by atoms with van der Waals surface area (Å²) in [5.74, 6) is 0.291. The van der Waals surface area contributed by atoms with Crippen molar-refractivity contribution in [1.29, 1.82) is 0 Å². The zero-order chi connectivity index (χ0) is 12.9. The molecule has 0 bridgehead atoms. The number of amides is 1. The van der Waals surface area contributed by atoms with E-state index in [0.717, 1.165) is 24.7 Å². The molecule has 0 aromatic carbocycles. The Labute approximate surface area is 114 Å². The van der Waals surface area contributed by atoms with Gasteiger partial charge in [0.1, 0.15) is 0 Å². The van der Waals surface area contributed by atoms with Crippen LogP contribution in [0.1, 0.15) is 38.5 Å². The maximum Gasteiger partial charge on any atom is 0.222 e. The van der Waals surface area contributed by atoms with Crippen LogP contribution in [-0.2, 0) is 4.79 Å². The van der Waals surface area contributed by atoms with Gasteiger partial charge >= 0.3 is 0 Å². The molecule has 1 fully saturated rings. The van der Waals surface area contributed by atoms with Crippen LogP contribution in [-0.4, -0.2) is 54.3 Å². The van der Waals surface area contributed by atoms with E-state index in [1.54, 1.807) is 0 Å². The van der Waals surface area contributed by atoms with E-state index in [1.807, 2.05) is 11.9 Å². The number of carbonyl (C=O) groups is 1. The molecule has 0 atom stereocenters. The molecule has 17 heavy (non-hydrogen) atoms. The Kier molecular flexibility index (Phi) is 5.93. The molecule has 1 aliphatic carbocycles. The van der Waals surface area contributed by atoms with Crippen molar-refractivity contribution in [2.75, 3.05) is 33.0 Å². The van der Waals surface area contributed by atoms with Crippen LogP contribution in [0.4, 0.5) is 0 Å². The van der Waals surface area contributed by atoms with Crippen molar-refractivity contribution in [3.63, 3.8) is 0 Å². The Morgan fingerprint density at radius 2 is 1.88 bits per heavy atom. The van der Waals surface area contributed by atoms with E-state index in [-0.39, 0.29) is 5.54 Å². The minimum atomic E-state index is 0.250. The van der Waals surface area contributed by atoms with Crippen LogP contribution in [0.25, 0.3) is 0 Å². The van der Waals surface area contributed by atoms with Crippen LogP contribution in [0.15, 0.2) is 0 Å². The third-order valence-electron chi connectivity index (χ3n) is 3.96. The largest absolute Gasteiger partial charge is 0.344 e. The zero-order valence-electron chi connectivity index (χ0n) is 11.3. The first-order valence-corrected chi connectivity index (χ1v) is 7.61. The third kappa shape index (κ3) is 3.95. The average molecular weight is 305 g/mol. The molecule has 0 aromatic rings. The second kappa shape index (κ2) is 6.74. The minimum Gasteiger partial charge on any atom is -0.344 e. The van der Waals surface area contributed by atoms with Crippen molar-refractivity contribution in [2.24, 2.45) is 0 Å². The first-order valence-electron chi connectivity index (χ1n) is 6.49. The number of rotatable bonds is 7. The second-order valence-electron chi connectivity index (χ2n) is 5.37. The van der Waals surface area contributed by atoms with Gasteiger partial charge in [0.15, 0.2) is 0 Å². The van der Waals surface area contributed by atoms with Crippen molar-refractivity contribution in [3.05, 3.63) is 0 Å². The van der Waals surface area contributed by atoms with E-state index in [9.17, 15) is 4.79 Å². The quantitative estimate of drug-likeness (QED) is 0.533. The number of hydrogen-bond donors (Lipinski definition) is 0. The summed E-state index contributed by atoms with van der Waals surface area (Å²) in [7, 11) is 6.20. The van der Waals surface area contributed by atoms with Crippen molar-refractivity contribution >= 4 is 21.8 Å². The number of halogens is 1. The maximum atomic E-state index is 12.0. The number of carbonyl (C=O) groups excluding carboxylic acids is 1. The standard InChI is InChI=1S/C13H25BrN2O/c1-15(2)13(8-6-9-13)11-16(3)12(17)7-4-5-10-14/h4-11H2,1-3H3. The molecule has 0 saturated heterocycles. The molecular weight excluding hydrogens is 280 g/mol. The molecule has 0 radical (unpaired) electrons. The van der Waals surface area contributed by atoms with Crippen LogP contribution in [0, 0.1) is 0 Å². The molecule has 3 nitrogen and oxygen atoms in total. The lowest BCUT2D eigenvalue weighted by Crippen LogP contribution is -2.57. The predicted molar refractivity (Wildman–Crippen MR) is 75.6 cm³/mol. The Morgan fingerprint density at radius 1 is 1.24 bits per heavy atom. The molecule has 1 saturated carbocycles. The summed E-state index contributed by atoms with van der Waals surface area (Å²) in [6.45, 7) is 0.882. The van der Waals surface area contributed by atoms with Gasteiger partial charge in [-0.15, -0.1) is 0 Å². The zero-order valence-corrected chi connectivity index (χ0v) is 12.9. The molecule has 0 heterocycles. The average Bonchev–Trinajstić information content (AvgIpc) is 2.22. The predicted octanol–water partition coefficient (Wildman–Crippen LogP) is 2.49. The highest BCUT2D eigenvalue weighted by molar-refractivity contribution is 9.09. The number of unbranched alkanes of at least 4 members (excludes halogenated alkanes) is 1. The van der Waals surface area contributed by atoms with E-state index in [4.69, 9.17) is 0 Å². The Morgan fingerprint density at radius 3 is 2.29 bits per heavy atom. The Balaban J connectivity index is 2.37. The van der Waals surface area contributed by atoms with E-state index >= 15 is 0 Å². The summed E-state index contributed by atoms with van der Waals surface area (Å²) < 4.78 is 0. The highest BCUT2D eigenvalue weighted by Gasteiger charge is 2.40. The summed E-state index contributed by atoms with van der Waals surface area (Å²) in [6.07, 6.45) is 6.50. The lowest BCUT2D eigenvalue weighted by molar-refractivity contribution is -0.132. The van der Waals surface area contributed by atoms with Gasteiger partial charge in [-0.3, -0.25) is 4.79 Å². The summed E-state index contributed by atoms with van der Waals surface area (Å²) in [5, 5.41) is 0.992. The first-order chi connectivity index (χ1) is 8.02. The lowest BCUT2D eigenvalue weighted by atomic mass is 9.75. The summed E-state index contributed by atoms with van der Waals surface area (Å²) in [4.78, 5) is 16.2. The van der Waals surface area contributed by atoms with Crippen molar-refractivity contribution in [1.82, 2.24) is 9.80 Å². The summed E-state index contributed by atoms with van der Waals surface area (Å²) in [5.41, 5.74) is 0.250. The van der Waals surface area contributed by atoms with Crippen LogP contribution in [0.5, 0.6) is 0 Å².